The van der Waals surface area contributed by atoms with Crippen LogP contribution in [0.4, 0.5) is 5.69 Å². The summed E-state index contributed by atoms with van der Waals surface area (Å²) < 4.78 is 5.28. The molecular formula is C16H18N2O3S. The van der Waals surface area contributed by atoms with Crippen molar-refractivity contribution >= 4 is 28.8 Å². The molecule has 0 saturated heterocycles. The molecule has 0 unspecified atom stereocenters. The molecule has 1 N–H and O–H groups in total. The van der Waals surface area contributed by atoms with Crippen LogP contribution in [0.2, 0.25) is 0 Å². The Kier molecular flexibility index (Phi) is 5.55. The Hall–Kier alpha value is -2.34. The minimum Gasteiger partial charge on any atom is -0.495 e. The summed E-state index contributed by atoms with van der Waals surface area (Å²) in [6, 6.07) is 10.9. The quantitative estimate of drug-likeness (QED) is 0.890. The van der Waals surface area contributed by atoms with Crippen molar-refractivity contribution in [3.8, 4) is 5.75 Å². The summed E-state index contributed by atoms with van der Waals surface area (Å²) >= 11 is 1.39. The predicted octanol–water partition coefficient (Wildman–Crippen LogP) is 2.54. The lowest BCUT2D eigenvalue weighted by molar-refractivity contribution is -0.116. The highest BCUT2D eigenvalue weighted by Gasteiger charge is 2.16. The van der Waals surface area contributed by atoms with Gasteiger partial charge < -0.3 is 15.0 Å². The molecule has 1 aromatic carbocycles. The molecule has 0 spiro atoms. The van der Waals surface area contributed by atoms with Crippen molar-refractivity contribution in [1.82, 2.24) is 5.32 Å². The molecule has 2 amide bonds. The average molecular weight is 318 g/mol. The van der Waals surface area contributed by atoms with Gasteiger partial charge in [-0.15, -0.1) is 11.3 Å². The van der Waals surface area contributed by atoms with Crippen LogP contribution in [0.25, 0.3) is 0 Å². The lowest BCUT2D eigenvalue weighted by Crippen LogP contribution is -2.37. The molecular weight excluding hydrogens is 300 g/mol. The van der Waals surface area contributed by atoms with Gasteiger partial charge in [0.1, 0.15) is 5.75 Å². The van der Waals surface area contributed by atoms with E-state index in [1.807, 2.05) is 29.6 Å². The summed E-state index contributed by atoms with van der Waals surface area (Å²) in [6.07, 6.45) is 0. The number of amides is 2. The van der Waals surface area contributed by atoms with Crippen molar-refractivity contribution in [3.63, 3.8) is 0 Å². The monoisotopic (exact) mass is 318 g/mol. The summed E-state index contributed by atoms with van der Waals surface area (Å²) in [7, 11) is 1.57. The number of methoxy groups -OCH3 is 1. The van der Waals surface area contributed by atoms with E-state index >= 15 is 0 Å². The van der Waals surface area contributed by atoms with Gasteiger partial charge in [0.25, 0.3) is 5.91 Å². The van der Waals surface area contributed by atoms with E-state index in [1.54, 1.807) is 24.1 Å². The average Bonchev–Trinajstić information content (AvgIpc) is 3.05. The molecule has 0 aliphatic heterocycles. The standard InChI is InChI=1S/C16H18N2O3S/c1-12(19)18(13-6-3-4-7-14(13)21-2)10-9-17-16(20)15-8-5-11-22-15/h3-8,11H,9-10H2,1-2H3,(H,17,20). The van der Waals surface area contributed by atoms with Gasteiger partial charge in [0, 0.05) is 20.0 Å². The SMILES string of the molecule is COc1ccccc1N(CCNC(=O)c1cccs1)C(C)=O. The Balaban J connectivity index is 2.01. The normalized spacial score (nSPS) is 10.1. The van der Waals surface area contributed by atoms with Gasteiger partial charge in [0.2, 0.25) is 5.91 Å². The maximum Gasteiger partial charge on any atom is 0.261 e. The van der Waals surface area contributed by atoms with Gasteiger partial charge in [0.15, 0.2) is 0 Å². The number of benzene rings is 1. The van der Waals surface area contributed by atoms with Crippen LogP contribution in [-0.2, 0) is 4.79 Å². The van der Waals surface area contributed by atoms with E-state index in [4.69, 9.17) is 4.74 Å². The molecule has 0 aliphatic rings. The second-order valence-corrected chi connectivity index (χ2v) is 5.52. The molecule has 0 fully saturated rings. The first-order valence-corrected chi connectivity index (χ1v) is 7.74. The van der Waals surface area contributed by atoms with E-state index in [0.29, 0.717) is 29.4 Å². The first-order chi connectivity index (χ1) is 10.6. The van der Waals surface area contributed by atoms with E-state index in [-0.39, 0.29) is 11.8 Å². The van der Waals surface area contributed by atoms with Crippen LogP contribution in [0.3, 0.4) is 0 Å². The third-order valence-electron chi connectivity index (χ3n) is 3.12. The van der Waals surface area contributed by atoms with Crippen LogP contribution in [0.1, 0.15) is 16.6 Å². The maximum atomic E-state index is 11.9. The Morgan fingerprint density at radius 2 is 2.00 bits per heavy atom. The smallest absolute Gasteiger partial charge is 0.261 e. The van der Waals surface area contributed by atoms with Crippen LogP contribution >= 0.6 is 11.3 Å². The molecule has 116 valence electrons. The van der Waals surface area contributed by atoms with Crippen molar-refractivity contribution < 1.29 is 14.3 Å². The Labute approximate surface area is 133 Å². The number of carbonyl (C=O) groups excluding carboxylic acids is 2. The molecule has 2 aromatic rings. The second kappa shape index (κ2) is 7.61. The van der Waals surface area contributed by atoms with Crippen LogP contribution in [0, 0.1) is 0 Å². The predicted molar refractivity (Wildman–Crippen MR) is 87.7 cm³/mol. The number of para-hydroxylation sites is 2. The molecule has 0 aliphatic carbocycles. The first kappa shape index (κ1) is 16.0. The van der Waals surface area contributed by atoms with Gasteiger partial charge >= 0.3 is 0 Å². The summed E-state index contributed by atoms with van der Waals surface area (Å²) in [5.74, 6) is 0.399. The lowest BCUT2D eigenvalue weighted by Gasteiger charge is -2.23. The third-order valence-corrected chi connectivity index (χ3v) is 3.99. The Morgan fingerprint density at radius 1 is 1.23 bits per heavy atom. The number of hydrogen-bond acceptors (Lipinski definition) is 4. The topological polar surface area (TPSA) is 58.6 Å². The zero-order valence-corrected chi connectivity index (χ0v) is 13.4. The van der Waals surface area contributed by atoms with Gasteiger partial charge in [-0.05, 0) is 23.6 Å². The van der Waals surface area contributed by atoms with E-state index in [2.05, 4.69) is 5.32 Å². The number of thiophene rings is 1. The number of rotatable bonds is 6. The molecule has 5 nitrogen and oxygen atoms in total. The van der Waals surface area contributed by atoms with Crippen LogP contribution in [0.5, 0.6) is 5.75 Å². The van der Waals surface area contributed by atoms with Gasteiger partial charge in [-0.25, -0.2) is 0 Å². The van der Waals surface area contributed by atoms with Crippen molar-refractivity contribution in [2.75, 3.05) is 25.1 Å². The minimum absolute atomic E-state index is 0.102. The maximum absolute atomic E-state index is 11.9. The highest BCUT2D eigenvalue weighted by molar-refractivity contribution is 7.12. The van der Waals surface area contributed by atoms with Crippen LogP contribution in [-0.4, -0.2) is 32.0 Å². The van der Waals surface area contributed by atoms with Crippen molar-refractivity contribution in [2.45, 2.75) is 6.92 Å². The largest absolute Gasteiger partial charge is 0.495 e. The Morgan fingerprint density at radius 3 is 2.64 bits per heavy atom. The van der Waals surface area contributed by atoms with E-state index < -0.39 is 0 Å². The zero-order valence-electron chi connectivity index (χ0n) is 12.5. The third kappa shape index (κ3) is 3.85. The summed E-state index contributed by atoms with van der Waals surface area (Å²) in [6.45, 7) is 2.24. The molecule has 0 atom stereocenters. The summed E-state index contributed by atoms with van der Waals surface area (Å²) in [4.78, 5) is 26.0. The van der Waals surface area contributed by atoms with Crippen molar-refractivity contribution in [3.05, 3.63) is 46.7 Å². The zero-order chi connectivity index (χ0) is 15.9. The fourth-order valence-electron chi connectivity index (χ4n) is 2.08. The summed E-state index contributed by atoms with van der Waals surface area (Å²) in [5, 5.41) is 4.67. The molecule has 1 heterocycles. The highest BCUT2D eigenvalue weighted by atomic mass is 32.1. The van der Waals surface area contributed by atoms with Crippen molar-refractivity contribution in [1.29, 1.82) is 0 Å². The Bertz CT molecular complexity index is 641. The fraction of sp³-hybridized carbons (Fsp3) is 0.250. The number of carbonyl (C=O) groups is 2. The molecule has 0 radical (unpaired) electrons. The highest BCUT2D eigenvalue weighted by Crippen LogP contribution is 2.27. The molecule has 1 aromatic heterocycles. The molecule has 0 saturated carbocycles. The number of ether oxygens (including phenoxy) is 1. The van der Waals surface area contributed by atoms with E-state index in [0.717, 1.165) is 0 Å². The second-order valence-electron chi connectivity index (χ2n) is 4.58. The molecule has 2 rings (SSSR count). The molecule has 22 heavy (non-hydrogen) atoms. The van der Waals surface area contributed by atoms with Gasteiger partial charge in [-0.1, -0.05) is 18.2 Å². The number of anilines is 1. The van der Waals surface area contributed by atoms with E-state index in [9.17, 15) is 9.59 Å². The van der Waals surface area contributed by atoms with Crippen LogP contribution < -0.4 is 15.0 Å². The van der Waals surface area contributed by atoms with E-state index in [1.165, 1.54) is 18.3 Å². The van der Waals surface area contributed by atoms with Crippen molar-refractivity contribution in [2.24, 2.45) is 0 Å². The molecule has 0 bridgehead atoms. The van der Waals surface area contributed by atoms with Crippen LogP contribution in [0.15, 0.2) is 41.8 Å². The van der Waals surface area contributed by atoms with Gasteiger partial charge in [0.05, 0.1) is 17.7 Å². The fourth-order valence-corrected chi connectivity index (χ4v) is 2.72. The minimum atomic E-state index is -0.126. The number of nitrogens with one attached hydrogen (secondary N) is 1. The van der Waals surface area contributed by atoms with Gasteiger partial charge in [-0.3, -0.25) is 9.59 Å². The van der Waals surface area contributed by atoms with Gasteiger partial charge in [-0.2, -0.15) is 0 Å². The lowest BCUT2D eigenvalue weighted by atomic mass is 10.2. The molecule has 6 heteroatoms. The summed E-state index contributed by atoms with van der Waals surface area (Å²) in [5.41, 5.74) is 0.697. The first-order valence-electron chi connectivity index (χ1n) is 6.86. The number of hydrogen-bond donors (Lipinski definition) is 1. The number of nitrogens with zero attached hydrogens (tertiary/aromatic N) is 1.